The number of piperidine rings is 1. The van der Waals surface area contributed by atoms with Crippen LogP contribution in [0.15, 0.2) is 6.20 Å². The summed E-state index contributed by atoms with van der Waals surface area (Å²) in [5.74, 6) is 1.54. The van der Waals surface area contributed by atoms with E-state index < -0.39 is 0 Å². The molecule has 0 atom stereocenters. The van der Waals surface area contributed by atoms with Gasteiger partial charge in [-0.25, -0.2) is 4.98 Å². The molecular weight excluding hydrogens is 264 g/mol. The molecule has 0 unspecified atom stereocenters. The Morgan fingerprint density at radius 2 is 2.21 bits per heavy atom. The highest BCUT2D eigenvalue weighted by atomic mass is 35.5. The Kier molecular flexibility index (Phi) is 5.22. The second kappa shape index (κ2) is 6.91. The molecule has 0 saturated carbocycles. The van der Waals surface area contributed by atoms with Crippen molar-refractivity contribution in [3.05, 3.63) is 11.2 Å². The van der Waals surface area contributed by atoms with Crippen LogP contribution in [0.3, 0.4) is 0 Å². The van der Waals surface area contributed by atoms with E-state index in [1.165, 1.54) is 0 Å². The largest absolute Gasteiger partial charge is 0.467 e. The van der Waals surface area contributed by atoms with Gasteiger partial charge in [-0.3, -0.25) is 0 Å². The van der Waals surface area contributed by atoms with Gasteiger partial charge >= 0.3 is 6.01 Å². The van der Waals surface area contributed by atoms with Gasteiger partial charge in [0.2, 0.25) is 0 Å². The van der Waals surface area contributed by atoms with E-state index in [0.29, 0.717) is 11.0 Å². The number of nitrogens with one attached hydrogen (secondary N) is 1. The van der Waals surface area contributed by atoms with Crippen molar-refractivity contribution in [2.45, 2.75) is 19.8 Å². The first kappa shape index (κ1) is 14.3. The maximum Gasteiger partial charge on any atom is 0.318 e. The van der Waals surface area contributed by atoms with Crippen molar-refractivity contribution in [3.8, 4) is 6.01 Å². The highest BCUT2D eigenvalue weighted by molar-refractivity contribution is 6.32. The third kappa shape index (κ3) is 3.70. The molecule has 0 spiro atoms. The monoisotopic (exact) mass is 284 g/mol. The number of rotatable bonds is 5. The van der Waals surface area contributed by atoms with Crippen molar-refractivity contribution in [1.29, 1.82) is 0 Å². The van der Waals surface area contributed by atoms with Crippen LogP contribution in [0.25, 0.3) is 0 Å². The number of halogens is 1. The van der Waals surface area contributed by atoms with Crippen molar-refractivity contribution < 1.29 is 4.74 Å². The Hall–Kier alpha value is -1.07. The molecule has 1 aromatic rings. The van der Waals surface area contributed by atoms with Crippen LogP contribution in [0, 0.1) is 5.92 Å². The molecule has 2 heterocycles. The van der Waals surface area contributed by atoms with Crippen LogP contribution in [0.1, 0.15) is 19.8 Å². The maximum absolute atomic E-state index is 6.17. The van der Waals surface area contributed by atoms with Crippen LogP contribution in [-0.4, -0.2) is 43.3 Å². The molecule has 0 bridgehead atoms. The Morgan fingerprint density at radius 1 is 1.47 bits per heavy atom. The molecule has 6 heteroatoms. The van der Waals surface area contributed by atoms with E-state index in [4.69, 9.17) is 16.3 Å². The number of ether oxygens (including phenoxy) is 1. The molecule has 5 nitrogen and oxygen atoms in total. The Morgan fingerprint density at radius 3 is 2.84 bits per heavy atom. The first-order chi connectivity index (χ1) is 9.24. The van der Waals surface area contributed by atoms with Gasteiger partial charge in [0.05, 0.1) is 13.3 Å². The van der Waals surface area contributed by atoms with Gasteiger partial charge in [-0.1, -0.05) is 18.5 Å². The third-order valence-corrected chi connectivity index (χ3v) is 3.75. The summed E-state index contributed by atoms with van der Waals surface area (Å²) in [5.41, 5.74) is 0. The summed E-state index contributed by atoms with van der Waals surface area (Å²) in [5, 5.41) is 4.00. The van der Waals surface area contributed by atoms with E-state index in [9.17, 15) is 0 Å². The molecule has 1 aliphatic heterocycles. The van der Waals surface area contributed by atoms with E-state index in [-0.39, 0.29) is 0 Å². The van der Waals surface area contributed by atoms with Gasteiger partial charge < -0.3 is 15.0 Å². The van der Waals surface area contributed by atoms with Gasteiger partial charge in [0.15, 0.2) is 5.82 Å². The zero-order valence-corrected chi connectivity index (χ0v) is 12.3. The first-order valence-corrected chi connectivity index (χ1v) is 7.14. The maximum atomic E-state index is 6.17. The second-order valence-corrected chi connectivity index (χ2v) is 5.17. The van der Waals surface area contributed by atoms with Crippen LogP contribution in [0.2, 0.25) is 5.02 Å². The molecule has 1 fully saturated rings. The van der Waals surface area contributed by atoms with E-state index in [1.54, 1.807) is 13.3 Å². The van der Waals surface area contributed by atoms with Crippen molar-refractivity contribution in [1.82, 2.24) is 15.3 Å². The SMILES string of the molecule is CCNCC1CCN(c2nc(OC)ncc2Cl)CC1. The van der Waals surface area contributed by atoms with Gasteiger partial charge in [-0.15, -0.1) is 0 Å². The van der Waals surface area contributed by atoms with E-state index in [2.05, 4.69) is 27.1 Å². The number of anilines is 1. The lowest BCUT2D eigenvalue weighted by molar-refractivity contribution is 0.372. The van der Waals surface area contributed by atoms with E-state index >= 15 is 0 Å². The number of nitrogens with zero attached hydrogens (tertiary/aromatic N) is 3. The van der Waals surface area contributed by atoms with Crippen LogP contribution >= 0.6 is 11.6 Å². The lowest BCUT2D eigenvalue weighted by Crippen LogP contribution is -2.37. The lowest BCUT2D eigenvalue weighted by atomic mass is 9.97. The summed E-state index contributed by atoms with van der Waals surface area (Å²) in [6.07, 6.45) is 3.93. The van der Waals surface area contributed by atoms with E-state index in [1.807, 2.05) is 0 Å². The third-order valence-electron chi connectivity index (χ3n) is 3.48. The van der Waals surface area contributed by atoms with Crippen LogP contribution in [0.4, 0.5) is 5.82 Å². The molecule has 2 rings (SSSR count). The predicted molar refractivity (Wildman–Crippen MR) is 77.1 cm³/mol. The molecule has 0 aliphatic carbocycles. The number of methoxy groups -OCH3 is 1. The predicted octanol–water partition coefficient (Wildman–Crippen LogP) is 1.96. The fourth-order valence-corrected chi connectivity index (χ4v) is 2.57. The molecular formula is C13H21ClN4O. The number of hydrogen-bond donors (Lipinski definition) is 1. The molecule has 1 saturated heterocycles. The first-order valence-electron chi connectivity index (χ1n) is 6.76. The van der Waals surface area contributed by atoms with Crippen molar-refractivity contribution in [2.24, 2.45) is 5.92 Å². The van der Waals surface area contributed by atoms with Gasteiger partial charge in [0.25, 0.3) is 0 Å². The van der Waals surface area contributed by atoms with Crippen molar-refractivity contribution in [3.63, 3.8) is 0 Å². The topological polar surface area (TPSA) is 50.3 Å². The van der Waals surface area contributed by atoms with Gasteiger partial charge in [0, 0.05) is 13.1 Å². The quantitative estimate of drug-likeness (QED) is 0.896. The molecule has 0 radical (unpaired) electrons. The Balaban J connectivity index is 1.97. The van der Waals surface area contributed by atoms with Gasteiger partial charge in [0.1, 0.15) is 5.02 Å². The van der Waals surface area contributed by atoms with Crippen LogP contribution < -0.4 is 15.0 Å². The molecule has 19 heavy (non-hydrogen) atoms. The van der Waals surface area contributed by atoms with Crippen LogP contribution in [0.5, 0.6) is 6.01 Å². The molecule has 0 amide bonds. The average molecular weight is 285 g/mol. The summed E-state index contributed by atoms with van der Waals surface area (Å²) in [4.78, 5) is 10.6. The van der Waals surface area contributed by atoms with Crippen molar-refractivity contribution >= 4 is 17.4 Å². The van der Waals surface area contributed by atoms with Crippen molar-refractivity contribution in [2.75, 3.05) is 38.2 Å². The second-order valence-electron chi connectivity index (χ2n) is 4.77. The Bertz CT molecular complexity index is 408. The molecule has 0 aromatic carbocycles. The summed E-state index contributed by atoms with van der Waals surface area (Å²) >= 11 is 6.17. The average Bonchev–Trinajstić information content (AvgIpc) is 2.46. The van der Waals surface area contributed by atoms with Gasteiger partial charge in [-0.2, -0.15) is 4.98 Å². The normalized spacial score (nSPS) is 16.7. The minimum absolute atomic E-state index is 0.370. The lowest BCUT2D eigenvalue weighted by Gasteiger charge is -2.33. The zero-order valence-electron chi connectivity index (χ0n) is 11.5. The fraction of sp³-hybridized carbons (Fsp3) is 0.692. The number of aromatic nitrogens is 2. The number of hydrogen-bond acceptors (Lipinski definition) is 5. The summed E-state index contributed by atoms with van der Waals surface area (Å²) < 4.78 is 5.06. The summed E-state index contributed by atoms with van der Waals surface area (Å²) in [7, 11) is 1.57. The molecule has 1 aromatic heterocycles. The zero-order chi connectivity index (χ0) is 13.7. The molecule has 106 valence electrons. The highest BCUT2D eigenvalue weighted by Gasteiger charge is 2.22. The smallest absolute Gasteiger partial charge is 0.318 e. The van der Waals surface area contributed by atoms with Crippen LogP contribution in [-0.2, 0) is 0 Å². The fourth-order valence-electron chi connectivity index (χ4n) is 2.36. The standard InChI is InChI=1S/C13H21ClN4O/c1-3-15-8-10-4-6-18(7-5-10)12-11(14)9-16-13(17-12)19-2/h9-10,15H,3-8H2,1-2H3. The summed E-state index contributed by atoms with van der Waals surface area (Å²) in [6.45, 7) is 6.24. The van der Waals surface area contributed by atoms with E-state index in [0.717, 1.165) is 50.8 Å². The minimum atomic E-state index is 0.370. The molecule has 1 aliphatic rings. The minimum Gasteiger partial charge on any atom is -0.467 e. The van der Waals surface area contributed by atoms with Gasteiger partial charge in [-0.05, 0) is 31.8 Å². The Labute approximate surface area is 119 Å². The molecule has 1 N–H and O–H groups in total. The summed E-state index contributed by atoms with van der Waals surface area (Å²) in [6, 6.07) is 0.370. The highest BCUT2D eigenvalue weighted by Crippen LogP contribution is 2.28.